The summed E-state index contributed by atoms with van der Waals surface area (Å²) in [6, 6.07) is 8.62. The number of carbonyl (C=O) groups is 1. The van der Waals surface area contributed by atoms with E-state index < -0.39 is 11.6 Å². The van der Waals surface area contributed by atoms with Crippen molar-refractivity contribution in [3.8, 4) is 0 Å². The normalized spacial score (nSPS) is 14.5. The van der Waals surface area contributed by atoms with Gasteiger partial charge in [0.2, 0.25) is 0 Å². The van der Waals surface area contributed by atoms with Crippen molar-refractivity contribution in [3.05, 3.63) is 64.7 Å². The van der Waals surface area contributed by atoms with Crippen molar-refractivity contribution in [3.63, 3.8) is 0 Å². The van der Waals surface area contributed by atoms with Crippen LogP contribution in [0.2, 0.25) is 0 Å². The second-order valence-corrected chi connectivity index (χ2v) is 5.12. The summed E-state index contributed by atoms with van der Waals surface area (Å²) in [5, 5.41) is 5.90. The van der Waals surface area contributed by atoms with E-state index in [0.29, 0.717) is 17.7 Å². The molecule has 21 heavy (non-hydrogen) atoms. The van der Waals surface area contributed by atoms with Crippen LogP contribution in [0, 0.1) is 11.6 Å². The van der Waals surface area contributed by atoms with Crippen molar-refractivity contribution >= 4 is 11.6 Å². The third-order valence-electron chi connectivity index (χ3n) is 3.56. The van der Waals surface area contributed by atoms with E-state index in [0.717, 1.165) is 17.3 Å². The van der Waals surface area contributed by atoms with Crippen molar-refractivity contribution in [2.24, 2.45) is 0 Å². The minimum Gasteiger partial charge on any atom is -0.378 e. The Morgan fingerprint density at radius 1 is 1.14 bits per heavy atom. The Hall–Kier alpha value is -2.43. The highest BCUT2D eigenvalue weighted by Gasteiger charge is 2.19. The predicted octanol–water partition coefficient (Wildman–Crippen LogP) is 3.38. The number of benzene rings is 2. The molecule has 0 saturated heterocycles. The first-order valence-corrected chi connectivity index (χ1v) is 6.66. The van der Waals surface area contributed by atoms with Crippen molar-refractivity contribution in [1.29, 1.82) is 0 Å². The van der Waals surface area contributed by atoms with E-state index in [2.05, 4.69) is 10.6 Å². The van der Waals surface area contributed by atoms with Gasteiger partial charge in [0.15, 0.2) is 0 Å². The molecule has 3 nitrogen and oxygen atoms in total. The second kappa shape index (κ2) is 5.16. The molecule has 1 heterocycles. The Morgan fingerprint density at radius 3 is 2.57 bits per heavy atom. The molecule has 0 radical (unpaired) electrons. The first kappa shape index (κ1) is 13.5. The highest BCUT2D eigenvalue weighted by Crippen LogP contribution is 2.24. The number of amides is 1. The molecule has 3 rings (SSSR count). The molecule has 1 aliphatic rings. The number of anilines is 1. The molecule has 1 aliphatic heterocycles. The van der Waals surface area contributed by atoms with Crippen LogP contribution < -0.4 is 10.6 Å². The van der Waals surface area contributed by atoms with Crippen molar-refractivity contribution in [2.45, 2.75) is 19.5 Å². The zero-order valence-electron chi connectivity index (χ0n) is 11.4. The van der Waals surface area contributed by atoms with E-state index in [4.69, 9.17) is 0 Å². The van der Waals surface area contributed by atoms with Crippen LogP contribution in [0.1, 0.15) is 34.5 Å². The maximum atomic E-state index is 13.2. The molecule has 0 spiro atoms. The van der Waals surface area contributed by atoms with Crippen LogP contribution in [0.3, 0.4) is 0 Å². The fourth-order valence-corrected chi connectivity index (χ4v) is 2.46. The summed E-state index contributed by atoms with van der Waals surface area (Å²) in [5.74, 6) is -1.31. The Bertz CT molecular complexity index is 695. The molecule has 0 fully saturated rings. The summed E-state index contributed by atoms with van der Waals surface area (Å²) in [5.41, 5.74) is 2.84. The third-order valence-corrected chi connectivity index (χ3v) is 3.56. The van der Waals surface area contributed by atoms with Gasteiger partial charge in [0.25, 0.3) is 5.91 Å². The van der Waals surface area contributed by atoms with Crippen LogP contribution in [0.25, 0.3) is 0 Å². The molecule has 0 aliphatic carbocycles. The molecule has 0 aromatic heterocycles. The highest BCUT2D eigenvalue weighted by atomic mass is 19.1. The predicted molar refractivity (Wildman–Crippen MR) is 76.0 cm³/mol. The van der Waals surface area contributed by atoms with Gasteiger partial charge in [0.05, 0.1) is 0 Å². The molecule has 2 aromatic rings. The van der Waals surface area contributed by atoms with Gasteiger partial charge < -0.3 is 10.6 Å². The smallest absolute Gasteiger partial charge is 0.251 e. The standard InChI is InChI=1S/C16H14F2N2O/c1-9(11-4-12(17)6-13(18)5-11)20-14-3-2-10-8-19-16(21)15(10)7-14/h2-7,9,20H,8H2,1H3,(H,19,21). The van der Waals surface area contributed by atoms with Crippen LogP contribution in [0.4, 0.5) is 14.5 Å². The molecule has 2 aromatic carbocycles. The van der Waals surface area contributed by atoms with Crippen molar-refractivity contribution in [2.75, 3.05) is 5.32 Å². The van der Waals surface area contributed by atoms with Crippen LogP contribution >= 0.6 is 0 Å². The lowest BCUT2D eigenvalue weighted by Gasteiger charge is -2.16. The average molecular weight is 288 g/mol. The lowest BCUT2D eigenvalue weighted by atomic mass is 10.1. The van der Waals surface area contributed by atoms with Crippen LogP contribution in [-0.4, -0.2) is 5.91 Å². The van der Waals surface area contributed by atoms with E-state index >= 15 is 0 Å². The molecule has 0 saturated carbocycles. The number of fused-ring (bicyclic) bond motifs is 1. The van der Waals surface area contributed by atoms with Crippen molar-refractivity contribution in [1.82, 2.24) is 5.32 Å². The fourth-order valence-electron chi connectivity index (χ4n) is 2.46. The van der Waals surface area contributed by atoms with E-state index in [1.165, 1.54) is 12.1 Å². The maximum Gasteiger partial charge on any atom is 0.251 e. The number of hydrogen-bond donors (Lipinski definition) is 2. The van der Waals surface area contributed by atoms with Gasteiger partial charge >= 0.3 is 0 Å². The van der Waals surface area contributed by atoms with E-state index in [1.54, 1.807) is 6.07 Å². The first-order chi connectivity index (χ1) is 10.0. The van der Waals surface area contributed by atoms with Gasteiger partial charge in [-0.15, -0.1) is 0 Å². The van der Waals surface area contributed by atoms with Crippen molar-refractivity contribution < 1.29 is 13.6 Å². The molecular formula is C16H14F2N2O. The number of halogens is 2. The molecule has 108 valence electrons. The minimum absolute atomic E-state index is 0.0990. The van der Waals surface area contributed by atoms with Gasteiger partial charge in [-0.3, -0.25) is 4.79 Å². The van der Waals surface area contributed by atoms with Crippen LogP contribution in [-0.2, 0) is 6.54 Å². The molecular weight excluding hydrogens is 274 g/mol. The second-order valence-electron chi connectivity index (χ2n) is 5.12. The monoisotopic (exact) mass is 288 g/mol. The average Bonchev–Trinajstić information content (AvgIpc) is 2.79. The Morgan fingerprint density at radius 2 is 1.86 bits per heavy atom. The van der Waals surface area contributed by atoms with Crippen LogP contribution in [0.15, 0.2) is 36.4 Å². The van der Waals surface area contributed by atoms with Gasteiger partial charge in [0.1, 0.15) is 11.6 Å². The highest BCUT2D eigenvalue weighted by molar-refractivity contribution is 5.99. The van der Waals surface area contributed by atoms with Gasteiger partial charge in [-0.1, -0.05) is 6.07 Å². The molecule has 1 atom stereocenters. The SMILES string of the molecule is CC(Nc1ccc2c(c1)C(=O)NC2)c1cc(F)cc(F)c1. The zero-order valence-corrected chi connectivity index (χ0v) is 11.4. The summed E-state index contributed by atoms with van der Waals surface area (Å²) >= 11 is 0. The van der Waals surface area contributed by atoms with Gasteiger partial charge in [-0.2, -0.15) is 0 Å². The van der Waals surface area contributed by atoms with Crippen LogP contribution in [0.5, 0.6) is 0 Å². The number of hydrogen-bond acceptors (Lipinski definition) is 2. The maximum absolute atomic E-state index is 13.2. The largest absolute Gasteiger partial charge is 0.378 e. The lowest BCUT2D eigenvalue weighted by Crippen LogP contribution is -2.12. The number of rotatable bonds is 3. The summed E-state index contributed by atoms with van der Waals surface area (Å²) in [6.07, 6.45) is 0. The minimum atomic E-state index is -0.605. The molecule has 1 unspecified atom stereocenters. The summed E-state index contributed by atoms with van der Waals surface area (Å²) in [7, 11) is 0. The van der Waals surface area contributed by atoms with E-state index in [9.17, 15) is 13.6 Å². The Balaban J connectivity index is 1.83. The molecule has 1 amide bonds. The van der Waals surface area contributed by atoms with Gasteiger partial charge in [-0.25, -0.2) is 8.78 Å². The zero-order chi connectivity index (χ0) is 15.0. The Kier molecular flexibility index (Phi) is 3.33. The van der Waals surface area contributed by atoms with Gasteiger partial charge in [-0.05, 0) is 42.3 Å². The summed E-state index contributed by atoms with van der Waals surface area (Å²) in [6.45, 7) is 2.35. The molecule has 2 N–H and O–H groups in total. The molecule has 0 bridgehead atoms. The topological polar surface area (TPSA) is 41.1 Å². The first-order valence-electron chi connectivity index (χ1n) is 6.66. The summed E-state index contributed by atoms with van der Waals surface area (Å²) < 4.78 is 26.5. The Labute approximate surface area is 121 Å². The fraction of sp³-hybridized carbons (Fsp3) is 0.188. The van der Waals surface area contributed by atoms with Gasteiger partial charge in [0, 0.05) is 29.9 Å². The van der Waals surface area contributed by atoms with E-state index in [1.807, 2.05) is 19.1 Å². The summed E-state index contributed by atoms with van der Waals surface area (Å²) in [4.78, 5) is 11.6. The quantitative estimate of drug-likeness (QED) is 0.909. The molecule has 5 heteroatoms. The third kappa shape index (κ3) is 2.72. The van der Waals surface area contributed by atoms with E-state index in [-0.39, 0.29) is 11.9 Å². The number of carbonyl (C=O) groups excluding carboxylic acids is 1. The number of nitrogens with one attached hydrogen (secondary N) is 2. The lowest BCUT2D eigenvalue weighted by molar-refractivity contribution is 0.0966.